The van der Waals surface area contributed by atoms with Crippen LogP contribution in [0, 0.1) is 0 Å². The molecule has 3 heteroatoms. The summed E-state index contributed by atoms with van der Waals surface area (Å²) in [6, 6.07) is 23.0. The minimum Gasteiger partial charge on any atom is -0.137 e. The van der Waals surface area contributed by atoms with Crippen LogP contribution in [0.25, 0.3) is 22.3 Å². The lowest BCUT2D eigenvalue weighted by Gasteiger charge is -2.12. The van der Waals surface area contributed by atoms with Crippen molar-refractivity contribution in [1.82, 2.24) is 0 Å². The topological polar surface area (TPSA) is 0 Å². The summed E-state index contributed by atoms with van der Waals surface area (Å²) in [5, 5.41) is 0. The van der Waals surface area contributed by atoms with E-state index in [1.807, 2.05) is 0 Å². The maximum absolute atomic E-state index is 2.91. The van der Waals surface area contributed by atoms with Gasteiger partial charge in [0, 0.05) is 0 Å². The van der Waals surface area contributed by atoms with Gasteiger partial charge in [0.1, 0.15) is 0 Å². The first kappa shape index (κ1) is 19.3. The van der Waals surface area contributed by atoms with Crippen molar-refractivity contribution >= 4 is 27.7 Å². The Bertz CT molecular complexity index is 944. The van der Waals surface area contributed by atoms with Crippen molar-refractivity contribution in [3.8, 4) is 22.3 Å². The molecule has 0 bridgehead atoms. The van der Waals surface area contributed by atoms with Crippen LogP contribution in [-0.4, -0.2) is 6.16 Å². The van der Waals surface area contributed by atoms with Crippen LogP contribution in [0.1, 0.15) is 34.6 Å². The van der Waals surface area contributed by atoms with Gasteiger partial charge in [-0.1, -0.05) is 60.7 Å². The summed E-state index contributed by atoms with van der Waals surface area (Å²) in [6.45, 7) is 0. The van der Waals surface area contributed by atoms with Crippen LogP contribution in [0.4, 0.5) is 0 Å². The van der Waals surface area contributed by atoms with Gasteiger partial charge in [0.15, 0.2) is 0 Å². The normalized spacial score (nSPS) is 15.7. The summed E-state index contributed by atoms with van der Waals surface area (Å²) in [5.41, 5.74) is 11.2. The predicted octanol–water partition coefficient (Wildman–Crippen LogP) is 6.68. The first-order valence-electron chi connectivity index (χ1n) is 9.69. The van der Waals surface area contributed by atoms with Gasteiger partial charge in [-0.15, -0.1) is 27.7 Å². The first-order chi connectivity index (χ1) is 13.2. The second-order valence-electron chi connectivity index (χ2n) is 7.36. The molecule has 0 amide bonds. The minimum atomic E-state index is 0.733. The molecular formula is C24H27P3. The Morgan fingerprint density at radius 3 is 2.19 bits per heavy atom. The zero-order valence-electron chi connectivity index (χ0n) is 15.6. The molecule has 0 aliphatic heterocycles. The van der Waals surface area contributed by atoms with Crippen LogP contribution in [0.15, 0.2) is 60.7 Å². The van der Waals surface area contributed by atoms with E-state index in [1.165, 1.54) is 52.4 Å². The number of hydrogen-bond acceptors (Lipinski definition) is 0. The van der Waals surface area contributed by atoms with Gasteiger partial charge < -0.3 is 0 Å². The summed E-state index contributed by atoms with van der Waals surface area (Å²) < 4.78 is 0. The lowest BCUT2D eigenvalue weighted by Crippen LogP contribution is -1.93. The number of benzene rings is 3. The fourth-order valence-corrected chi connectivity index (χ4v) is 5.28. The SMILES string of the molecule is PCc1ccc(-c2ccc(-c3ccc4c(c3)CCC4CP)cc2)c(CP)c1. The van der Waals surface area contributed by atoms with Crippen LogP contribution >= 0.6 is 27.7 Å². The summed E-state index contributed by atoms with van der Waals surface area (Å²) in [7, 11) is 8.59. The average Bonchev–Trinajstić information content (AvgIpc) is 3.15. The van der Waals surface area contributed by atoms with Crippen LogP contribution in [0.5, 0.6) is 0 Å². The largest absolute Gasteiger partial charge is 0.137 e. The van der Waals surface area contributed by atoms with E-state index in [0.717, 1.165) is 18.2 Å². The van der Waals surface area contributed by atoms with Crippen molar-refractivity contribution in [2.45, 2.75) is 31.1 Å². The number of fused-ring (bicyclic) bond motifs is 1. The average molecular weight is 408 g/mol. The van der Waals surface area contributed by atoms with E-state index in [-0.39, 0.29) is 0 Å². The highest BCUT2D eigenvalue weighted by Gasteiger charge is 2.21. The van der Waals surface area contributed by atoms with Crippen molar-refractivity contribution in [2.75, 3.05) is 6.16 Å². The highest BCUT2D eigenvalue weighted by molar-refractivity contribution is 7.16. The maximum Gasteiger partial charge on any atom is -0.0121 e. The van der Waals surface area contributed by atoms with E-state index in [9.17, 15) is 0 Å². The third-order valence-corrected chi connectivity index (χ3v) is 7.26. The van der Waals surface area contributed by atoms with E-state index < -0.39 is 0 Å². The van der Waals surface area contributed by atoms with Gasteiger partial charge in [-0.05, 0) is 81.8 Å². The van der Waals surface area contributed by atoms with E-state index in [0.29, 0.717) is 0 Å². The van der Waals surface area contributed by atoms with Gasteiger partial charge >= 0.3 is 0 Å². The van der Waals surface area contributed by atoms with Gasteiger partial charge in [0.2, 0.25) is 0 Å². The molecule has 0 N–H and O–H groups in total. The van der Waals surface area contributed by atoms with Gasteiger partial charge in [-0.25, -0.2) is 0 Å². The molecule has 1 aliphatic carbocycles. The molecule has 0 nitrogen and oxygen atoms in total. The molecule has 0 aromatic heterocycles. The molecule has 1 aliphatic rings. The molecule has 0 saturated heterocycles. The highest BCUT2D eigenvalue weighted by Crippen LogP contribution is 2.37. The molecule has 3 aromatic carbocycles. The third-order valence-electron chi connectivity index (χ3n) is 5.78. The Labute approximate surface area is 170 Å². The Morgan fingerprint density at radius 1 is 0.741 bits per heavy atom. The standard InChI is InChI=1S/C24H27P3/c25-13-16-1-9-23(22(11-16)15-27)18-4-2-17(3-5-18)19-8-10-24-20(12-19)6-7-21(24)14-26/h1-5,8-12,21H,6-7,13-15,25-27H2. The molecule has 4 rings (SSSR count). The molecular weight excluding hydrogens is 381 g/mol. The molecule has 0 spiro atoms. The fourth-order valence-electron chi connectivity index (χ4n) is 4.20. The van der Waals surface area contributed by atoms with Gasteiger partial charge in [0.25, 0.3) is 0 Å². The van der Waals surface area contributed by atoms with Crippen molar-refractivity contribution < 1.29 is 0 Å². The lowest BCUT2D eigenvalue weighted by molar-refractivity contribution is 0.757. The van der Waals surface area contributed by atoms with E-state index >= 15 is 0 Å². The van der Waals surface area contributed by atoms with Crippen LogP contribution in [0.3, 0.4) is 0 Å². The van der Waals surface area contributed by atoms with Gasteiger partial charge in [0.05, 0.1) is 0 Å². The number of rotatable bonds is 5. The van der Waals surface area contributed by atoms with E-state index in [2.05, 4.69) is 88.4 Å². The zero-order chi connectivity index (χ0) is 18.8. The fraction of sp³-hybridized carbons (Fsp3) is 0.250. The summed E-state index contributed by atoms with van der Waals surface area (Å²) in [4.78, 5) is 0. The molecule has 0 heterocycles. The lowest BCUT2D eigenvalue weighted by atomic mass is 9.95. The highest BCUT2D eigenvalue weighted by atomic mass is 31.0. The second-order valence-corrected chi connectivity index (χ2v) is 8.65. The van der Waals surface area contributed by atoms with Crippen molar-refractivity contribution in [3.63, 3.8) is 0 Å². The number of aryl methyl sites for hydroxylation is 1. The molecule has 3 aromatic rings. The molecule has 4 atom stereocenters. The van der Waals surface area contributed by atoms with Gasteiger partial charge in [-0.3, -0.25) is 0 Å². The Hall–Kier alpha value is -1.05. The smallest absolute Gasteiger partial charge is 0.0121 e. The monoisotopic (exact) mass is 408 g/mol. The number of hydrogen-bond donors (Lipinski definition) is 0. The Balaban J connectivity index is 1.64. The van der Waals surface area contributed by atoms with Crippen LogP contribution in [-0.2, 0) is 18.7 Å². The molecule has 0 fully saturated rings. The first-order valence-corrected chi connectivity index (χ1v) is 12.1. The minimum absolute atomic E-state index is 0.733. The Morgan fingerprint density at radius 2 is 1.48 bits per heavy atom. The predicted molar refractivity (Wildman–Crippen MR) is 130 cm³/mol. The molecule has 0 radical (unpaired) electrons. The van der Waals surface area contributed by atoms with Crippen molar-refractivity contribution in [2.24, 2.45) is 0 Å². The van der Waals surface area contributed by atoms with E-state index in [1.54, 1.807) is 11.1 Å². The van der Waals surface area contributed by atoms with Crippen LogP contribution in [0.2, 0.25) is 0 Å². The zero-order valence-corrected chi connectivity index (χ0v) is 19.1. The summed E-state index contributed by atoms with van der Waals surface area (Å²) in [6.07, 6.45) is 5.68. The third kappa shape index (κ3) is 3.91. The molecule has 27 heavy (non-hydrogen) atoms. The Kier molecular flexibility index (Phi) is 6.09. The van der Waals surface area contributed by atoms with Gasteiger partial charge in [-0.2, -0.15) is 0 Å². The van der Waals surface area contributed by atoms with E-state index in [4.69, 9.17) is 0 Å². The van der Waals surface area contributed by atoms with Crippen molar-refractivity contribution in [3.05, 3.63) is 82.9 Å². The molecule has 4 unspecified atom stereocenters. The second kappa shape index (κ2) is 8.53. The van der Waals surface area contributed by atoms with Crippen LogP contribution < -0.4 is 0 Å². The van der Waals surface area contributed by atoms with Crippen molar-refractivity contribution in [1.29, 1.82) is 0 Å². The quantitative estimate of drug-likeness (QED) is 0.413. The maximum atomic E-state index is 2.91. The molecule has 138 valence electrons. The molecule has 0 saturated carbocycles. The summed E-state index contributed by atoms with van der Waals surface area (Å²) >= 11 is 0. The summed E-state index contributed by atoms with van der Waals surface area (Å²) in [5.74, 6) is 0.733.